The number of aromatic nitrogens is 3. The Hall–Kier alpha value is -2.47. The molecule has 0 aliphatic rings. The van der Waals surface area contributed by atoms with E-state index in [0.29, 0.717) is 6.61 Å². The number of benzene rings is 2. The third kappa shape index (κ3) is 4.33. The average molecular weight is 355 g/mol. The maximum atomic E-state index is 5.78. The van der Waals surface area contributed by atoms with Crippen LogP contribution in [-0.2, 0) is 0 Å². The van der Waals surface area contributed by atoms with Crippen LogP contribution in [0, 0.1) is 13.8 Å². The highest BCUT2D eigenvalue weighted by Gasteiger charge is 2.11. The van der Waals surface area contributed by atoms with E-state index in [1.54, 1.807) is 18.9 Å². The predicted molar refractivity (Wildman–Crippen MR) is 100 cm³/mol. The minimum atomic E-state index is 0.581. The molecule has 5 nitrogen and oxygen atoms in total. The molecule has 0 amide bonds. The zero-order chi connectivity index (χ0) is 17.6. The maximum absolute atomic E-state index is 5.78. The van der Waals surface area contributed by atoms with Gasteiger partial charge in [-0.25, -0.2) is 0 Å². The molecule has 1 aromatic heterocycles. The van der Waals surface area contributed by atoms with Gasteiger partial charge >= 0.3 is 0 Å². The molecule has 0 fully saturated rings. The lowest BCUT2D eigenvalue weighted by atomic mass is 10.2. The fraction of sp³-hybridized carbons (Fsp3) is 0.263. The SMILES string of the molecule is COc1cccc(OCCSc2nnc(C)n2-c2ccc(C)cc2)c1. The van der Waals surface area contributed by atoms with Gasteiger partial charge < -0.3 is 9.47 Å². The summed E-state index contributed by atoms with van der Waals surface area (Å²) >= 11 is 1.63. The lowest BCUT2D eigenvalue weighted by Gasteiger charge is -2.10. The van der Waals surface area contributed by atoms with E-state index >= 15 is 0 Å². The second-order valence-electron chi connectivity index (χ2n) is 5.58. The molecule has 0 atom stereocenters. The molecule has 0 N–H and O–H groups in total. The van der Waals surface area contributed by atoms with Crippen LogP contribution in [0.2, 0.25) is 0 Å². The van der Waals surface area contributed by atoms with E-state index in [9.17, 15) is 0 Å². The van der Waals surface area contributed by atoms with Crippen molar-refractivity contribution in [2.75, 3.05) is 19.5 Å². The topological polar surface area (TPSA) is 49.2 Å². The third-order valence-electron chi connectivity index (χ3n) is 3.71. The first-order chi connectivity index (χ1) is 12.2. The smallest absolute Gasteiger partial charge is 0.195 e. The van der Waals surface area contributed by atoms with Crippen molar-refractivity contribution in [3.63, 3.8) is 0 Å². The van der Waals surface area contributed by atoms with Gasteiger partial charge in [0.1, 0.15) is 17.3 Å². The van der Waals surface area contributed by atoms with Crippen LogP contribution in [0.15, 0.2) is 53.7 Å². The molecular weight excluding hydrogens is 334 g/mol. The van der Waals surface area contributed by atoms with E-state index in [-0.39, 0.29) is 0 Å². The summed E-state index contributed by atoms with van der Waals surface area (Å²) in [7, 11) is 1.65. The molecule has 0 unspecified atom stereocenters. The van der Waals surface area contributed by atoms with Gasteiger partial charge in [-0.3, -0.25) is 4.57 Å². The molecule has 0 aliphatic carbocycles. The number of nitrogens with zero attached hydrogens (tertiary/aromatic N) is 3. The van der Waals surface area contributed by atoms with E-state index in [2.05, 4.69) is 46.0 Å². The lowest BCUT2D eigenvalue weighted by molar-refractivity contribution is 0.339. The summed E-state index contributed by atoms with van der Waals surface area (Å²) in [4.78, 5) is 0. The van der Waals surface area contributed by atoms with Crippen LogP contribution in [0.25, 0.3) is 5.69 Å². The summed E-state index contributed by atoms with van der Waals surface area (Å²) in [5.74, 6) is 3.25. The van der Waals surface area contributed by atoms with E-state index in [1.165, 1.54) is 5.56 Å². The number of ether oxygens (including phenoxy) is 2. The second-order valence-corrected chi connectivity index (χ2v) is 6.64. The van der Waals surface area contributed by atoms with E-state index < -0.39 is 0 Å². The van der Waals surface area contributed by atoms with Gasteiger partial charge in [0.25, 0.3) is 0 Å². The molecule has 6 heteroatoms. The molecule has 130 valence electrons. The number of methoxy groups -OCH3 is 1. The molecule has 3 rings (SSSR count). The van der Waals surface area contributed by atoms with Crippen LogP contribution < -0.4 is 9.47 Å². The Morgan fingerprint density at radius 3 is 2.52 bits per heavy atom. The first-order valence-corrected chi connectivity index (χ1v) is 9.04. The minimum Gasteiger partial charge on any atom is -0.497 e. The average Bonchev–Trinajstić information content (AvgIpc) is 3.00. The van der Waals surface area contributed by atoms with E-state index in [4.69, 9.17) is 9.47 Å². The Bertz CT molecular complexity index is 831. The number of hydrogen-bond acceptors (Lipinski definition) is 5. The van der Waals surface area contributed by atoms with Crippen LogP contribution in [0.1, 0.15) is 11.4 Å². The molecular formula is C19H21N3O2S. The van der Waals surface area contributed by atoms with Gasteiger partial charge in [-0.05, 0) is 38.1 Å². The Balaban J connectivity index is 1.61. The standard InChI is InChI=1S/C19H21N3O2S/c1-14-7-9-16(10-8-14)22-15(2)20-21-19(22)25-12-11-24-18-6-4-5-17(13-18)23-3/h4-10,13H,11-12H2,1-3H3. The molecule has 0 bridgehead atoms. The Labute approximate surface area is 152 Å². The molecule has 0 saturated carbocycles. The van der Waals surface area contributed by atoms with Gasteiger partial charge in [0.15, 0.2) is 5.16 Å². The first kappa shape index (κ1) is 17.4. The van der Waals surface area contributed by atoms with E-state index in [0.717, 1.165) is 33.9 Å². The number of aryl methyl sites for hydroxylation is 2. The first-order valence-electron chi connectivity index (χ1n) is 8.06. The monoisotopic (exact) mass is 355 g/mol. The van der Waals surface area contributed by atoms with Gasteiger partial charge in [0, 0.05) is 17.5 Å². The Morgan fingerprint density at radius 2 is 1.76 bits per heavy atom. The zero-order valence-corrected chi connectivity index (χ0v) is 15.4. The third-order valence-corrected chi connectivity index (χ3v) is 4.60. The predicted octanol–water partition coefficient (Wildman–Crippen LogP) is 4.06. The largest absolute Gasteiger partial charge is 0.497 e. The van der Waals surface area contributed by atoms with Crippen LogP contribution in [0.3, 0.4) is 0 Å². The van der Waals surface area contributed by atoms with Crippen molar-refractivity contribution in [2.24, 2.45) is 0 Å². The summed E-state index contributed by atoms with van der Waals surface area (Å²) in [6.45, 7) is 4.62. The van der Waals surface area contributed by atoms with Crippen molar-refractivity contribution in [1.82, 2.24) is 14.8 Å². The number of rotatable bonds is 7. The fourth-order valence-corrected chi connectivity index (χ4v) is 3.23. The molecule has 1 heterocycles. The van der Waals surface area contributed by atoms with Gasteiger partial charge in [-0.1, -0.05) is 35.5 Å². The van der Waals surface area contributed by atoms with Gasteiger partial charge in [0.05, 0.1) is 13.7 Å². The quantitative estimate of drug-likeness (QED) is 0.472. The normalized spacial score (nSPS) is 10.7. The highest BCUT2D eigenvalue weighted by atomic mass is 32.2. The minimum absolute atomic E-state index is 0.581. The van der Waals surface area contributed by atoms with Gasteiger partial charge in [-0.15, -0.1) is 10.2 Å². The molecule has 0 spiro atoms. The summed E-state index contributed by atoms with van der Waals surface area (Å²) < 4.78 is 13.0. The van der Waals surface area contributed by atoms with Gasteiger partial charge in [-0.2, -0.15) is 0 Å². The van der Waals surface area contributed by atoms with Crippen molar-refractivity contribution in [3.8, 4) is 17.2 Å². The molecule has 0 saturated heterocycles. The molecule has 0 radical (unpaired) electrons. The summed E-state index contributed by atoms with van der Waals surface area (Å²) in [5.41, 5.74) is 2.31. The highest BCUT2D eigenvalue weighted by Crippen LogP contribution is 2.23. The van der Waals surface area contributed by atoms with Crippen LogP contribution in [0.4, 0.5) is 0 Å². The summed E-state index contributed by atoms with van der Waals surface area (Å²) in [5, 5.41) is 9.37. The molecule has 3 aromatic rings. The van der Waals surface area contributed by atoms with Gasteiger partial charge in [0.2, 0.25) is 0 Å². The molecule has 0 aliphatic heterocycles. The molecule has 2 aromatic carbocycles. The Kier molecular flexibility index (Phi) is 5.60. The maximum Gasteiger partial charge on any atom is 0.195 e. The second kappa shape index (κ2) is 8.07. The van der Waals surface area contributed by atoms with Crippen molar-refractivity contribution < 1.29 is 9.47 Å². The highest BCUT2D eigenvalue weighted by molar-refractivity contribution is 7.99. The Morgan fingerprint density at radius 1 is 1.00 bits per heavy atom. The van der Waals surface area contributed by atoms with Crippen molar-refractivity contribution in [3.05, 3.63) is 59.9 Å². The van der Waals surface area contributed by atoms with Crippen molar-refractivity contribution >= 4 is 11.8 Å². The van der Waals surface area contributed by atoms with Crippen molar-refractivity contribution in [1.29, 1.82) is 0 Å². The molecule has 25 heavy (non-hydrogen) atoms. The summed E-state index contributed by atoms with van der Waals surface area (Å²) in [6, 6.07) is 16.0. The zero-order valence-electron chi connectivity index (χ0n) is 14.6. The fourth-order valence-electron chi connectivity index (χ4n) is 2.41. The summed E-state index contributed by atoms with van der Waals surface area (Å²) in [6.07, 6.45) is 0. The van der Waals surface area contributed by atoms with Crippen LogP contribution >= 0.6 is 11.8 Å². The van der Waals surface area contributed by atoms with Crippen LogP contribution in [0.5, 0.6) is 11.5 Å². The van der Waals surface area contributed by atoms with Crippen LogP contribution in [-0.4, -0.2) is 34.2 Å². The van der Waals surface area contributed by atoms with Crippen molar-refractivity contribution in [2.45, 2.75) is 19.0 Å². The number of hydrogen-bond donors (Lipinski definition) is 0. The number of thioether (sulfide) groups is 1. The van der Waals surface area contributed by atoms with E-state index in [1.807, 2.05) is 31.2 Å². The lowest BCUT2D eigenvalue weighted by Crippen LogP contribution is -2.03.